The normalized spacial score (nSPS) is 9.96. The Morgan fingerprint density at radius 3 is 2.52 bits per heavy atom. The van der Waals surface area contributed by atoms with Gasteiger partial charge >= 0.3 is 6.01 Å². The number of aromatic nitrogens is 4. The highest BCUT2D eigenvalue weighted by Gasteiger charge is 2.10. The van der Waals surface area contributed by atoms with Gasteiger partial charge in [-0.1, -0.05) is 37.6 Å². The number of nitrogens with zero attached hydrogens (tertiary/aromatic N) is 4. The lowest BCUT2D eigenvalue weighted by Crippen LogP contribution is -2.02. The summed E-state index contributed by atoms with van der Waals surface area (Å²) in [6.45, 7) is 4.53. The summed E-state index contributed by atoms with van der Waals surface area (Å²) in [6, 6.07) is 9.91. The van der Waals surface area contributed by atoms with E-state index in [1.807, 2.05) is 44.2 Å². The molecule has 0 atom stereocenters. The van der Waals surface area contributed by atoms with Gasteiger partial charge in [-0.2, -0.15) is 4.98 Å². The maximum atomic E-state index is 6.08. The van der Waals surface area contributed by atoms with Crippen molar-refractivity contribution in [3.63, 3.8) is 0 Å². The summed E-state index contributed by atoms with van der Waals surface area (Å²) >= 11 is 6.08. The van der Waals surface area contributed by atoms with Crippen LogP contribution in [0.15, 0.2) is 42.9 Å². The van der Waals surface area contributed by atoms with E-state index in [1.165, 1.54) is 7.11 Å². The minimum absolute atomic E-state index is 0.335. The summed E-state index contributed by atoms with van der Waals surface area (Å²) in [5.74, 6) is 0.548. The Labute approximate surface area is 152 Å². The van der Waals surface area contributed by atoms with Crippen LogP contribution < -0.4 is 9.47 Å². The number of methoxy groups -OCH3 is 2. The molecule has 3 rings (SSSR count). The Morgan fingerprint density at radius 1 is 1.08 bits per heavy atom. The predicted octanol–water partition coefficient (Wildman–Crippen LogP) is 4.09. The fourth-order valence-corrected chi connectivity index (χ4v) is 2.43. The number of halogens is 1. The minimum Gasteiger partial charge on any atom is -0.481 e. The lowest BCUT2D eigenvalue weighted by atomic mass is 10.1. The number of hydrogen-bond acceptors (Lipinski definition) is 5. The largest absolute Gasteiger partial charge is 0.481 e. The van der Waals surface area contributed by atoms with Crippen molar-refractivity contribution < 1.29 is 9.47 Å². The summed E-state index contributed by atoms with van der Waals surface area (Å²) in [5.41, 5.74) is 2.78. The van der Waals surface area contributed by atoms with Crippen molar-refractivity contribution in [3.05, 3.63) is 53.4 Å². The Bertz CT molecular complexity index is 820. The van der Waals surface area contributed by atoms with Gasteiger partial charge in [-0.25, -0.2) is 9.67 Å². The molecule has 0 N–H and O–H groups in total. The molecule has 0 aliphatic carbocycles. The van der Waals surface area contributed by atoms with Crippen LogP contribution in [0.25, 0.3) is 11.1 Å². The van der Waals surface area contributed by atoms with E-state index in [-0.39, 0.29) is 0 Å². The van der Waals surface area contributed by atoms with Gasteiger partial charge in [0.25, 0.3) is 0 Å². The maximum Gasteiger partial charge on any atom is 0.335 e. The molecule has 0 radical (unpaired) electrons. The molecule has 0 fully saturated rings. The highest BCUT2D eigenvalue weighted by molar-refractivity contribution is 6.30. The van der Waals surface area contributed by atoms with Crippen molar-refractivity contribution in [2.75, 3.05) is 14.2 Å². The van der Waals surface area contributed by atoms with Crippen molar-refractivity contribution in [1.82, 2.24) is 19.7 Å². The van der Waals surface area contributed by atoms with Crippen molar-refractivity contribution in [3.8, 4) is 23.0 Å². The van der Waals surface area contributed by atoms with E-state index in [1.54, 1.807) is 24.3 Å². The average Bonchev–Trinajstić information content (AvgIpc) is 3.11. The van der Waals surface area contributed by atoms with Gasteiger partial charge in [-0.3, -0.25) is 0 Å². The zero-order valence-corrected chi connectivity index (χ0v) is 15.5. The Morgan fingerprint density at radius 2 is 1.88 bits per heavy atom. The van der Waals surface area contributed by atoms with Crippen LogP contribution in [0.2, 0.25) is 5.02 Å². The minimum atomic E-state index is 0.335. The first-order chi connectivity index (χ1) is 12.2. The van der Waals surface area contributed by atoms with Crippen molar-refractivity contribution >= 4 is 11.6 Å². The molecule has 7 heteroatoms. The Kier molecular flexibility index (Phi) is 6.77. The summed E-state index contributed by atoms with van der Waals surface area (Å²) in [5, 5.41) is 4.85. The second-order valence-electron chi connectivity index (χ2n) is 4.84. The third-order valence-electron chi connectivity index (χ3n) is 3.28. The van der Waals surface area contributed by atoms with E-state index in [0.717, 1.165) is 16.7 Å². The SMILES string of the molecule is CC.COc1ncn(Cc2cnc(OC)c(-c3cccc(Cl)c3)c2)n1. The zero-order chi connectivity index (χ0) is 18.2. The van der Waals surface area contributed by atoms with Crippen molar-refractivity contribution in [1.29, 1.82) is 0 Å². The third kappa shape index (κ3) is 4.70. The van der Waals surface area contributed by atoms with Gasteiger partial charge in [0.05, 0.1) is 20.8 Å². The summed E-state index contributed by atoms with van der Waals surface area (Å²) in [6.07, 6.45) is 3.36. The molecular weight excluding hydrogens is 340 g/mol. The molecule has 132 valence electrons. The number of benzene rings is 1. The molecule has 25 heavy (non-hydrogen) atoms. The van der Waals surface area contributed by atoms with E-state index < -0.39 is 0 Å². The molecule has 0 amide bonds. The fourth-order valence-electron chi connectivity index (χ4n) is 2.24. The van der Waals surface area contributed by atoms with Gasteiger partial charge in [-0.05, 0) is 29.3 Å². The first-order valence-electron chi connectivity index (χ1n) is 7.92. The van der Waals surface area contributed by atoms with Gasteiger partial charge in [0.1, 0.15) is 6.33 Å². The molecule has 0 aliphatic rings. The van der Waals surface area contributed by atoms with Gasteiger partial charge in [0.15, 0.2) is 0 Å². The molecule has 0 unspecified atom stereocenters. The highest BCUT2D eigenvalue weighted by Crippen LogP contribution is 2.30. The number of ether oxygens (including phenoxy) is 2. The summed E-state index contributed by atoms with van der Waals surface area (Å²) in [7, 11) is 3.13. The van der Waals surface area contributed by atoms with E-state index in [2.05, 4.69) is 15.1 Å². The highest BCUT2D eigenvalue weighted by atomic mass is 35.5. The van der Waals surface area contributed by atoms with Crippen LogP contribution in [0, 0.1) is 0 Å². The zero-order valence-electron chi connectivity index (χ0n) is 14.7. The molecule has 3 aromatic rings. The quantitative estimate of drug-likeness (QED) is 0.685. The smallest absolute Gasteiger partial charge is 0.335 e. The number of rotatable bonds is 5. The van der Waals surface area contributed by atoms with Gasteiger partial charge in [-0.15, -0.1) is 5.10 Å². The van der Waals surface area contributed by atoms with Crippen LogP contribution in [0.1, 0.15) is 19.4 Å². The first kappa shape index (κ1) is 18.7. The van der Waals surface area contributed by atoms with Crippen LogP contribution in [-0.2, 0) is 6.54 Å². The standard InChI is InChI=1S/C16H15ClN4O2.C2H6/c1-22-15-14(12-4-3-5-13(17)7-12)6-11(8-18-15)9-21-10-19-16(20-21)23-2;1-2/h3-8,10H,9H2,1-2H3;1-2H3. The second kappa shape index (κ2) is 9.03. The lowest BCUT2D eigenvalue weighted by molar-refractivity contribution is 0.376. The first-order valence-corrected chi connectivity index (χ1v) is 8.29. The summed E-state index contributed by atoms with van der Waals surface area (Å²) in [4.78, 5) is 8.39. The summed E-state index contributed by atoms with van der Waals surface area (Å²) < 4.78 is 12.0. The average molecular weight is 361 g/mol. The predicted molar refractivity (Wildman–Crippen MR) is 98.3 cm³/mol. The van der Waals surface area contributed by atoms with E-state index in [9.17, 15) is 0 Å². The topological polar surface area (TPSA) is 62.1 Å². The Balaban J connectivity index is 0.00000109. The molecular formula is C18H21ClN4O2. The molecule has 0 saturated carbocycles. The van der Waals surface area contributed by atoms with Crippen molar-refractivity contribution in [2.45, 2.75) is 20.4 Å². The van der Waals surface area contributed by atoms with Crippen molar-refractivity contribution in [2.24, 2.45) is 0 Å². The lowest BCUT2D eigenvalue weighted by Gasteiger charge is -2.10. The molecule has 1 aromatic carbocycles. The molecule has 0 bridgehead atoms. The monoisotopic (exact) mass is 360 g/mol. The van der Waals surface area contributed by atoms with Crippen LogP contribution in [-0.4, -0.2) is 34.0 Å². The van der Waals surface area contributed by atoms with Crippen LogP contribution >= 0.6 is 11.6 Å². The molecule has 2 heterocycles. The van der Waals surface area contributed by atoms with Crippen LogP contribution in [0.3, 0.4) is 0 Å². The number of hydrogen-bond donors (Lipinski definition) is 0. The molecule has 6 nitrogen and oxygen atoms in total. The van der Waals surface area contributed by atoms with E-state index >= 15 is 0 Å². The van der Waals surface area contributed by atoms with Crippen LogP contribution in [0.4, 0.5) is 0 Å². The van der Waals surface area contributed by atoms with Crippen LogP contribution in [0.5, 0.6) is 11.9 Å². The van der Waals surface area contributed by atoms with E-state index in [0.29, 0.717) is 23.5 Å². The third-order valence-corrected chi connectivity index (χ3v) is 3.51. The second-order valence-corrected chi connectivity index (χ2v) is 5.28. The molecule has 2 aromatic heterocycles. The molecule has 0 saturated heterocycles. The maximum absolute atomic E-state index is 6.08. The van der Waals surface area contributed by atoms with Gasteiger partial charge in [0, 0.05) is 16.8 Å². The van der Waals surface area contributed by atoms with Gasteiger partial charge < -0.3 is 9.47 Å². The molecule has 0 aliphatic heterocycles. The molecule has 0 spiro atoms. The Hall–Kier alpha value is -2.60. The van der Waals surface area contributed by atoms with Gasteiger partial charge in [0.2, 0.25) is 5.88 Å². The van der Waals surface area contributed by atoms with E-state index in [4.69, 9.17) is 21.1 Å². The number of pyridine rings is 1. The fraction of sp³-hybridized carbons (Fsp3) is 0.278.